The van der Waals surface area contributed by atoms with Crippen LogP contribution < -0.4 is 5.73 Å². The topological polar surface area (TPSA) is 78.0 Å². The van der Waals surface area contributed by atoms with E-state index in [9.17, 15) is 8.42 Å². The van der Waals surface area contributed by atoms with E-state index in [1.54, 1.807) is 22.2 Å². The van der Waals surface area contributed by atoms with Crippen molar-refractivity contribution in [1.29, 1.82) is 0 Å². The molecule has 1 aliphatic heterocycles. The van der Waals surface area contributed by atoms with Crippen molar-refractivity contribution in [2.75, 3.05) is 17.2 Å². The summed E-state index contributed by atoms with van der Waals surface area (Å²) in [6.07, 6.45) is 2.37. The van der Waals surface area contributed by atoms with E-state index in [1.165, 1.54) is 0 Å². The zero-order valence-electron chi connectivity index (χ0n) is 10.5. The Morgan fingerprint density at radius 2 is 2.32 bits per heavy atom. The van der Waals surface area contributed by atoms with Gasteiger partial charge in [-0.25, -0.2) is 8.42 Å². The lowest BCUT2D eigenvalue weighted by Gasteiger charge is -2.07. The van der Waals surface area contributed by atoms with Gasteiger partial charge in [0.2, 0.25) is 0 Å². The van der Waals surface area contributed by atoms with Gasteiger partial charge in [-0.3, -0.25) is 4.68 Å². The van der Waals surface area contributed by atoms with Gasteiger partial charge in [-0.1, -0.05) is 0 Å². The minimum Gasteiger partial charge on any atom is -0.396 e. The van der Waals surface area contributed by atoms with Gasteiger partial charge < -0.3 is 5.73 Å². The molecule has 0 saturated carbocycles. The van der Waals surface area contributed by atoms with Crippen molar-refractivity contribution in [3.05, 3.63) is 23.2 Å². The summed E-state index contributed by atoms with van der Waals surface area (Å²) < 4.78 is 24.8. The first-order chi connectivity index (χ1) is 8.96. The predicted molar refractivity (Wildman–Crippen MR) is 77.0 cm³/mol. The largest absolute Gasteiger partial charge is 0.396 e. The molecule has 0 spiro atoms. The van der Waals surface area contributed by atoms with Crippen LogP contribution in [0.4, 0.5) is 5.69 Å². The first kappa shape index (κ1) is 12.7. The van der Waals surface area contributed by atoms with Crippen LogP contribution in [-0.4, -0.2) is 29.7 Å². The Balaban J connectivity index is 1.97. The summed E-state index contributed by atoms with van der Waals surface area (Å²) in [6, 6.07) is 1.94. The Hall–Kier alpha value is -1.34. The van der Waals surface area contributed by atoms with E-state index in [4.69, 9.17) is 5.73 Å². The first-order valence-corrected chi connectivity index (χ1v) is 8.76. The standard InChI is InChI=1S/C12H15N3O2S2/c1-8-2-4-18-12(8)11-10(13)6-15(14-11)9-3-5-19(16,17)7-9/h2,4,6,9H,3,5,7,13H2,1H3. The summed E-state index contributed by atoms with van der Waals surface area (Å²) in [5.74, 6) is 0.405. The monoisotopic (exact) mass is 297 g/mol. The Morgan fingerprint density at radius 3 is 2.89 bits per heavy atom. The molecule has 1 unspecified atom stereocenters. The fraction of sp³-hybridized carbons (Fsp3) is 0.417. The second-order valence-electron chi connectivity index (χ2n) is 4.90. The Bertz CT molecular complexity index is 715. The van der Waals surface area contributed by atoms with Gasteiger partial charge >= 0.3 is 0 Å². The second kappa shape index (κ2) is 4.35. The molecule has 0 radical (unpaired) electrons. The third kappa shape index (κ3) is 2.28. The maximum absolute atomic E-state index is 11.5. The Kier molecular flexibility index (Phi) is 2.90. The third-order valence-electron chi connectivity index (χ3n) is 3.42. The maximum Gasteiger partial charge on any atom is 0.152 e. The highest BCUT2D eigenvalue weighted by molar-refractivity contribution is 7.91. The van der Waals surface area contributed by atoms with Crippen LogP contribution in [-0.2, 0) is 9.84 Å². The average Bonchev–Trinajstić information content (AvgIpc) is 2.98. The normalized spacial score (nSPS) is 21.8. The SMILES string of the molecule is Cc1ccsc1-c1nn(C2CCS(=O)(=O)C2)cc1N. The molecule has 19 heavy (non-hydrogen) atoms. The van der Waals surface area contributed by atoms with Crippen LogP contribution >= 0.6 is 11.3 Å². The van der Waals surface area contributed by atoms with Crippen LogP contribution in [0.5, 0.6) is 0 Å². The molecule has 2 N–H and O–H groups in total. The molecule has 0 bridgehead atoms. The molecular formula is C12H15N3O2S2. The molecule has 102 valence electrons. The molecule has 3 rings (SSSR count). The summed E-state index contributed by atoms with van der Waals surface area (Å²) in [6.45, 7) is 2.02. The molecular weight excluding hydrogens is 282 g/mol. The van der Waals surface area contributed by atoms with Gasteiger partial charge in [0, 0.05) is 6.20 Å². The number of rotatable bonds is 2. The summed E-state index contributed by atoms with van der Waals surface area (Å²) in [4.78, 5) is 1.05. The van der Waals surface area contributed by atoms with Crippen LogP contribution in [0.25, 0.3) is 10.6 Å². The van der Waals surface area contributed by atoms with E-state index < -0.39 is 9.84 Å². The van der Waals surface area contributed by atoms with Gasteiger partial charge in [-0.05, 0) is 30.4 Å². The van der Waals surface area contributed by atoms with Crippen LogP contribution in [0.1, 0.15) is 18.0 Å². The lowest BCUT2D eigenvalue weighted by molar-refractivity contribution is 0.501. The lowest BCUT2D eigenvalue weighted by Crippen LogP contribution is -2.11. The average molecular weight is 297 g/mol. The van der Waals surface area contributed by atoms with Crippen molar-refractivity contribution in [2.24, 2.45) is 0 Å². The van der Waals surface area contributed by atoms with Crippen molar-refractivity contribution in [2.45, 2.75) is 19.4 Å². The van der Waals surface area contributed by atoms with Crippen LogP contribution in [0, 0.1) is 6.92 Å². The number of anilines is 1. The summed E-state index contributed by atoms with van der Waals surface area (Å²) >= 11 is 1.60. The first-order valence-electron chi connectivity index (χ1n) is 6.06. The molecule has 1 fully saturated rings. The molecule has 1 saturated heterocycles. The third-order valence-corrected chi connectivity index (χ3v) is 6.19. The molecule has 1 atom stereocenters. The number of sulfone groups is 1. The second-order valence-corrected chi connectivity index (χ2v) is 8.05. The minimum atomic E-state index is -2.91. The number of nitrogen functional groups attached to an aromatic ring is 1. The van der Waals surface area contributed by atoms with Gasteiger partial charge in [0.1, 0.15) is 5.69 Å². The van der Waals surface area contributed by atoms with Crippen LogP contribution in [0.15, 0.2) is 17.6 Å². The van der Waals surface area contributed by atoms with Crippen molar-refractivity contribution in [3.63, 3.8) is 0 Å². The van der Waals surface area contributed by atoms with Gasteiger partial charge in [0.25, 0.3) is 0 Å². The van der Waals surface area contributed by atoms with E-state index in [1.807, 2.05) is 18.4 Å². The number of aromatic nitrogens is 2. The number of hydrogen-bond acceptors (Lipinski definition) is 5. The number of thiophene rings is 1. The number of nitrogens with zero attached hydrogens (tertiary/aromatic N) is 2. The fourth-order valence-electron chi connectivity index (χ4n) is 2.37. The minimum absolute atomic E-state index is 0.0821. The molecule has 7 heteroatoms. The fourth-order valence-corrected chi connectivity index (χ4v) is 5.00. The lowest BCUT2D eigenvalue weighted by atomic mass is 10.2. The van der Waals surface area contributed by atoms with Gasteiger partial charge in [-0.15, -0.1) is 11.3 Å². The molecule has 5 nitrogen and oxygen atoms in total. The summed E-state index contributed by atoms with van der Waals surface area (Å²) in [5.41, 5.74) is 8.52. The van der Waals surface area contributed by atoms with Gasteiger partial charge in [0.05, 0.1) is 28.1 Å². The van der Waals surface area contributed by atoms with Crippen molar-refractivity contribution >= 4 is 26.9 Å². The number of aryl methyl sites for hydroxylation is 1. The van der Waals surface area contributed by atoms with Crippen molar-refractivity contribution in [1.82, 2.24) is 9.78 Å². The highest BCUT2D eigenvalue weighted by atomic mass is 32.2. The molecule has 1 aliphatic rings. The summed E-state index contributed by atoms with van der Waals surface area (Å²) in [7, 11) is -2.91. The molecule has 3 heterocycles. The zero-order chi connectivity index (χ0) is 13.6. The zero-order valence-corrected chi connectivity index (χ0v) is 12.2. The van der Waals surface area contributed by atoms with E-state index in [-0.39, 0.29) is 17.5 Å². The molecule has 0 aromatic carbocycles. The van der Waals surface area contributed by atoms with E-state index in [2.05, 4.69) is 5.10 Å². The van der Waals surface area contributed by atoms with E-state index in [0.717, 1.165) is 16.1 Å². The molecule has 2 aromatic heterocycles. The number of nitrogens with two attached hydrogens (primary N) is 1. The van der Waals surface area contributed by atoms with E-state index in [0.29, 0.717) is 12.1 Å². The Morgan fingerprint density at radius 1 is 1.53 bits per heavy atom. The quantitative estimate of drug-likeness (QED) is 0.917. The molecule has 0 aliphatic carbocycles. The predicted octanol–water partition coefficient (Wildman–Crippen LogP) is 1.86. The smallest absolute Gasteiger partial charge is 0.152 e. The molecule has 0 amide bonds. The van der Waals surface area contributed by atoms with Crippen LogP contribution in [0.2, 0.25) is 0 Å². The van der Waals surface area contributed by atoms with E-state index >= 15 is 0 Å². The number of hydrogen-bond donors (Lipinski definition) is 1. The van der Waals surface area contributed by atoms with Gasteiger partial charge in [-0.2, -0.15) is 5.10 Å². The maximum atomic E-state index is 11.5. The molecule has 2 aromatic rings. The Labute approximate surface area is 116 Å². The van der Waals surface area contributed by atoms with Gasteiger partial charge in [0.15, 0.2) is 9.84 Å². The van der Waals surface area contributed by atoms with Crippen molar-refractivity contribution < 1.29 is 8.42 Å². The summed E-state index contributed by atoms with van der Waals surface area (Å²) in [5, 5.41) is 6.50. The van der Waals surface area contributed by atoms with Crippen molar-refractivity contribution in [3.8, 4) is 10.6 Å². The highest BCUT2D eigenvalue weighted by Gasteiger charge is 2.30. The van der Waals surface area contributed by atoms with Crippen LogP contribution in [0.3, 0.4) is 0 Å². The highest BCUT2D eigenvalue weighted by Crippen LogP contribution is 2.33.